The van der Waals surface area contributed by atoms with Crippen LogP contribution in [0.15, 0.2) is 24.3 Å². The number of methoxy groups -OCH3 is 1. The largest absolute Gasteiger partial charge is 0.497 e. The van der Waals surface area contributed by atoms with Crippen LogP contribution in [-0.2, 0) is 4.74 Å². The van der Waals surface area contributed by atoms with Crippen LogP contribution in [0.25, 0.3) is 10.9 Å². The number of fused-ring (bicyclic) bond motifs is 1. The van der Waals surface area contributed by atoms with Gasteiger partial charge in [0.25, 0.3) is 0 Å². The maximum Gasteiger partial charge on any atom is 0.357 e. The van der Waals surface area contributed by atoms with E-state index in [-0.39, 0.29) is 5.97 Å². The Morgan fingerprint density at radius 1 is 1.33 bits per heavy atom. The summed E-state index contributed by atoms with van der Waals surface area (Å²) in [7, 11) is 1.62. The molecule has 0 bridgehead atoms. The first-order chi connectivity index (χ1) is 8.65. The number of esters is 1. The van der Waals surface area contributed by atoms with E-state index in [9.17, 15) is 4.79 Å². The van der Waals surface area contributed by atoms with E-state index in [2.05, 4.69) is 4.98 Å². The molecule has 0 N–H and O–H groups in total. The molecule has 0 spiro atoms. The van der Waals surface area contributed by atoms with Crippen molar-refractivity contribution in [3.63, 3.8) is 0 Å². The van der Waals surface area contributed by atoms with Gasteiger partial charge in [0.1, 0.15) is 5.75 Å². The predicted molar refractivity (Wildman–Crippen MR) is 69.0 cm³/mol. The molecule has 0 atom stereocenters. The molecule has 1 aromatic carbocycles. The summed E-state index contributed by atoms with van der Waals surface area (Å²) in [4.78, 5) is 16.1. The van der Waals surface area contributed by atoms with Crippen molar-refractivity contribution in [3.05, 3.63) is 35.5 Å². The fourth-order valence-corrected chi connectivity index (χ4v) is 1.79. The van der Waals surface area contributed by atoms with Crippen molar-refractivity contribution in [2.24, 2.45) is 0 Å². The molecule has 4 heteroatoms. The van der Waals surface area contributed by atoms with Gasteiger partial charge in [0.2, 0.25) is 0 Å². The van der Waals surface area contributed by atoms with E-state index in [1.807, 2.05) is 31.2 Å². The minimum Gasteiger partial charge on any atom is -0.497 e. The summed E-state index contributed by atoms with van der Waals surface area (Å²) in [6.07, 6.45) is 0. The van der Waals surface area contributed by atoms with Crippen LogP contribution in [0.3, 0.4) is 0 Å². The van der Waals surface area contributed by atoms with Gasteiger partial charge in [-0.3, -0.25) is 0 Å². The van der Waals surface area contributed by atoms with Crippen LogP contribution in [0.4, 0.5) is 0 Å². The highest BCUT2D eigenvalue weighted by molar-refractivity contribution is 5.93. The third-order valence-electron chi connectivity index (χ3n) is 2.68. The highest BCUT2D eigenvalue weighted by atomic mass is 16.5. The van der Waals surface area contributed by atoms with Crippen molar-refractivity contribution in [2.45, 2.75) is 13.8 Å². The van der Waals surface area contributed by atoms with Gasteiger partial charge in [-0.1, -0.05) is 0 Å². The SMILES string of the molecule is CCOC(=O)c1nc2ccc(OC)cc2cc1C. The second-order valence-electron chi connectivity index (χ2n) is 3.93. The third kappa shape index (κ3) is 2.27. The quantitative estimate of drug-likeness (QED) is 0.780. The maximum absolute atomic E-state index is 11.7. The Morgan fingerprint density at radius 3 is 2.78 bits per heavy atom. The van der Waals surface area contributed by atoms with Gasteiger partial charge in [-0.05, 0) is 43.7 Å². The summed E-state index contributed by atoms with van der Waals surface area (Å²) >= 11 is 0. The lowest BCUT2D eigenvalue weighted by atomic mass is 10.1. The van der Waals surface area contributed by atoms with Crippen molar-refractivity contribution in [1.82, 2.24) is 4.98 Å². The Bertz CT molecular complexity index is 593. The molecule has 1 heterocycles. The van der Waals surface area contributed by atoms with Crippen molar-refractivity contribution >= 4 is 16.9 Å². The maximum atomic E-state index is 11.7. The van der Waals surface area contributed by atoms with Crippen LogP contribution in [0.5, 0.6) is 5.75 Å². The summed E-state index contributed by atoms with van der Waals surface area (Å²) in [6, 6.07) is 7.46. The molecule has 0 aliphatic carbocycles. The molecule has 0 aliphatic heterocycles. The van der Waals surface area contributed by atoms with Crippen LogP contribution in [0, 0.1) is 6.92 Å². The molecule has 0 saturated heterocycles. The van der Waals surface area contributed by atoms with Crippen LogP contribution >= 0.6 is 0 Å². The van der Waals surface area contributed by atoms with Gasteiger partial charge in [-0.15, -0.1) is 0 Å². The van der Waals surface area contributed by atoms with Crippen molar-refractivity contribution < 1.29 is 14.3 Å². The monoisotopic (exact) mass is 245 g/mol. The lowest BCUT2D eigenvalue weighted by Gasteiger charge is -2.07. The van der Waals surface area contributed by atoms with Gasteiger partial charge in [-0.25, -0.2) is 9.78 Å². The zero-order valence-corrected chi connectivity index (χ0v) is 10.7. The smallest absolute Gasteiger partial charge is 0.357 e. The minimum atomic E-state index is -0.382. The first-order valence-corrected chi connectivity index (χ1v) is 5.78. The Labute approximate surface area is 106 Å². The number of benzene rings is 1. The molecule has 0 radical (unpaired) electrons. The number of rotatable bonds is 3. The zero-order valence-electron chi connectivity index (χ0n) is 10.7. The summed E-state index contributed by atoms with van der Waals surface area (Å²) in [5, 5.41) is 0.944. The number of carbonyl (C=O) groups is 1. The van der Waals surface area contributed by atoms with E-state index in [1.54, 1.807) is 14.0 Å². The first-order valence-electron chi connectivity index (χ1n) is 5.78. The van der Waals surface area contributed by atoms with E-state index >= 15 is 0 Å². The van der Waals surface area contributed by atoms with Crippen LogP contribution in [-0.4, -0.2) is 24.7 Å². The Balaban J connectivity index is 2.52. The Kier molecular flexibility index (Phi) is 3.46. The van der Waals surface area contributed by atoms with E-state index < -0.39 is 0 Å². The van der Waals surface area contributed by atoms with Crippen molar-refractivity contribution in [3.8, 4) is 5.75 Å². The molecule has 0 aliphatic rings. The van der Waals surface area contributed by atoms with E-state index in [1.165, 1.54) is 0 Å². The fourth-order valence-electron chi connectivity index (χ4n) is 1.79. The van der Waals surface area contributed by atoms with Gasteiger partial charge in [0.05, 0.1) is 19.2 Å². The molecule has 0 unspecified atom stereocenters. The molecular weight excluding hydrogens is 230 g/mol. The Morgan fingerprint density at radius 2 is 2.11 bits per heavy atom. The average Bonchev–Trinajstić information content (AvgIpc) is 2.37. The molecule has 2 aromatic rings. The predicted octanol–water partition coefficient (Wildman–Crippen LogP) is 2.73. The normalized spacial score (nSPS) is 10.4. The molecule has 2 rings (SSSR count). The summed E-state index contributed by atoms with van der Waals surface area (Å²) in [5.74, 6) is 0.389. The molecule has 0 fully saturated rings. The minimum absolute atomic E-state index is 0.348. The number of aromatic nitrogens is 1. The van der Waals surface area contributed by atoms with Gasteiger partial charge in [0.15, 0.2) is 5.69 Å². The summed E-state index contributed by atoms with van der Waals surface area (Å²) in [6.45, 7) is 3.97. The van der Waals surface area contributed by atoms with E-state index in [0.717, 1.165) is 22.2 Å². The van der Waals surface area contributed by atoms with E-state index in [4.69, 9.17) is 9.47 Å². The van der Waals surface area contributed by atoms with Gasteiger partial charge >= 0.3 is 5.97 Å². The van der Waals surface area contributed by atoms with Gasteiger partial charge < -0.3 is 9.47 Å². The number of nitrogens with zero attached hydrogens (tertiary/aromatic N) is 1. The van der Waals surface area contributed by atoms with Crippen molar-refractivity contribution in [2.75, 3.05) is 13.7 Å². The lowest BCUT2D eigenvalue weighted by molar-refractivity contribution is 0.0519. The number of hydrogen-bond donors (Lipinski definition) is 0. The molecule has 1 aromatic heterocycles. The number of aryl methyl sites for hydroxylation is 1. The number of pyridine rings is 1. The lowest BCUT2D eigenvalue weighted by Crippen LogP contribution is -2.09. The second kappa shape index (κ2) is 5.04. The fraction of sp³-hybridized carbons (Fsp3) is 0.286. The topological polar surface area (TPSA) is 48.4 Å². The average molecular weight is 245 g/mol. The van der Waals surface area contributed by atoms with Crippen LogP contribution in [0.2, 0.25) is 0 Å². The standard InChI is InChI=1S/C14H15NO3/c1-4-18-14(16)13-9(2)7-10-8-11(17-3)5-6-12(10)15-13/h5-8H,4H2,1-3H3. The first kappa shape index (κ1) is 12.4. The molecule has 0 saturated carbocycles. The van der Waals surface area contributed by atoms with Crippen molar-refractivity contribution in [1.29, 1.82) is 0 Å². The number of hydrogen-bond acceptors (Lipinski definition) is 4. The molecular formula is C14H15NO3. The molecule has 18 heavy (non-hydrogen) atoms. The highest BCUT2D eigenvalue weighted by Crippen LogP contribution is 2.22. The van der Waals surface area contributed by atoms with Gasteiger partial charge in [0, 0.05) is 5.39 Å². The van der Waals surface area contributed by atoms with E-state index in [0.29, 0.717) is 12.3 Å². The van der Waals surface area contributed by atoms with Crippen LogP contribution < -0.4 is 4.74 Å². The summed E-state index contributed by atoms with van der Waals surface area (Å²) in [5.41, 5.74) is 1.92. The number of ether oxygens (including phenoxy) is 2. The van der Waals surface area contributed by atoms with Gasteiger partial charge in [-0.2, -0.15) is 0 Å². The second-order valence-corrected chi connectivity index (χ2v) is 3.93. The highest BCUT2D eigenvalue weighted by Gasteiger charge is 2.13. The third-order valence-corrected chi connectivity index (χ3v) is 2.68. The van der Waals surface area contributed by atoms with Crippen LogP contribution in [0.1, 0.15) is 23.0 Å². The Hall–Kier alpha value is -2.10. The zero-order chi connectivity index (χ0) is 13.1. The molecule has 0 amide bonds. The number of carbonyl (C=O) groups excluding carboxylic acids is 1. The summed E-state index contributed by atoms with van der Waals surface area (Å²) < 4.78 is 10.1. The molecule has 94 valence electrons. The molecule has 4 nitrogen and oxygen atoms in total.